The zero-order valence-corrected chi connectivity index (χ0v) is 13.0. The van der Waals surface area contributed by atoms with Crippen LogP contribution in [-0.2, 0) is 6.54 Å². The molecule has 0 atom stereocenters. The van der Waals surface area contributed by atoms with Gasteiger partial charge in [0.05, 0.1) is 11.2 Å². The summed E-state index contributed by atoms with van der Waals surface area (Å²) in [6.45, 7) is 4.92. The third kappa shape index (κ3) is 3.23. The van der Waals surface area contributed by atoms with E-state index in [1.807, 2.05) is 16.8 Å². The van der Waals surface area contributed by atoms with Gasteiger partial charge in [0.1, 0.15) is 0 Å². The maximum Gasteiger partial charge on any atom is 0.0798 e. The Hall–Kier alpha value is -0.450. The Morgan fingerprint density at radius 2 is 1.95 bits per heavy atom. The molecular formula is C16H25N3S. The molecule has 2 aliphatic carbocycles. The Morgan fingerprint density at radius 3 is 2.65 bits per heavy atom. The van der Waals surface area contributed by atoms with E-state index in [1.54, 1.807) is 0 Å². The van der Waals surface area contributed by atoms with Gasteiger partial charge in [0.15, 0.2) is 0 Å². The lowest BCUT2D eigenvalue weighted by molar-refractivity contribution is 0.191. The molecule has 1 aliphatic heterocycles. The number of aromatic nitrogens is 1. The van der Waals surface area contributed by atoms with Gasteiger partial charge in [-0.05, 0) is 51.0 Å². The molecule has 0 radical (unpaired) electrons. The molecule has 0 spiro atoms. The Morgan fingerprint density at radius 1 is 1.15 bits per heavy atom. The summed E-state index contributed by atoms with van der Waals surface area (Å²) >= 11 is 1.87. The Balaban J connectivity index is 1.25. The second-order valence-electron chi connectivity index (χ2n) is 6.84. The Labute approximate surface area is 125 Å². The van der Waals surface area contributed by atoms with Crippen molar-refractivity contribution in [3.05, 3.63) is 16.1 Å². The molecule has 0 bridgehead atoms. The van der Waals surface area contributed by atoms with E-state index >= 15 is 0 Å². The fourth-order valence-corrected chi connectivity index (χ4v) is 4.13. The first kappa shape index (κ1) is 13.2. The molecule has 3 fully saturated rings. The van der Waals surface area contributed by atoms with Crippen LogP contribution in [0.2, 0.25) is 0 Å². The smallest absolute Gasteiger partial charge is 0.0798 e. The van der Waals surface area contributed by atoms with Crippen LogP contribution in [0.1, 0.15) is 55.0 Å². The van der Waals surface area contributed by atoms with Gasteiger partial charge in [-0.15, -0.1) is 11.3 Å². The van der Waals surface area contributed by atoms with Crippen molar-refractivity contribution in [1.82, 2.24) is 15.2 Å². The molecule has 3 nitrogen and oxygen atoms in total. The van der Waals surface area contributed by atoms with Crippen LogP contribution in [0.4, 0.5) is 0 Å². The summed E-state index contributed by atoms with van der Waals surface area (Å²) in [5.74, 6) is 1.81. The van der Waals surface area contributed by atoms with Gasteiger partial charge in [0.25, 0.3) is 0 Å². The van der Waals surface area contributed by atoms with Crippen LogP contribution in [0.15, 0.2) is 5.51 Å². The van der Waals surface area contributed by atoms with Crippen LogP contribution in [0.3, 0.4) is 0 Å². The van der Waals surface area contributed by atoms with E-state index in [2.05, 4.69) is 15.2 Å². The van der Waals surface area contributed by atoms with Crippen molar-refractivity contribution < 1.29 is 0 Å². The monoisotopic (exact) mass is 291 g/mol. The highest BCUT2D eigenvalue weighted by Gasteiger charge is 2.29. The van der Waals surface area contributed by atoms with Crippen LogP contribution >= 0.6 is 11.3 Å². The van der Waals surface area contributed by atoms with Crippen LogP contribution < -0.4 is 5.32 Å². The largest absolute Gasteiger partial charge is 0.314 e. The fraction of sp³-hybridized carbons (Fsp3) is 0.812. The molecule has 2 saturated carbocycles. The van der Waals surface area contributed by atoms with Gasteiger partial charge < -0.3 is 5.32 Å². The summed E-state index contributed by atoms with van der Waals surface area (Å²) < 4.78 is 0. The van der Waals surface area contributed by atoms with Crippen LogP contribution in [-0.4, -0.2) is 35.6 Å². The topological polar surface area (TPSA) is 28.2 Å². The van der Waals surface area contributed by atoms with Crippen LogP contribution in [0.25, 0.3) is 0 Å². The van der Waals surface area contributed by atoms with E-state index in [4.69, 9.17) is 0 Å². The summed E-state index contributed by atoms with van der Waals surface area (Å²) in [6.07, 6.45) is 8.30. The summed E-state index contributed by atoms with van der Waals surface area (Å²) in [7, 11) is 0. The van der Waals surface area contributed by atoms with E-state index in [9.17, 15) is 0 Å². The number of piperidine rings is 1. The highest BCUT2D eigenvalue weighted by atomic mass is 32.1. The van der Waals surface area contributed by atoms with Gasteiger partial charge in [-0.1, -0.05) is 0 Å². The lowest BCUT2D eigenvalue weighted by Crippen LogP contribution is -2.42. The second kappa shape index (κ2) is 5.74. The van der Waals surface area contributed by atoms with Crippen molar-refractivity contribution in [2.24, 2.45) is 5.92 Å². The molecule has 1 aromatic heterocycles. The van der Waals surface area contributed by atoms with Crippen molar-refractivity contribution in [3.8, 4) is 0 Å². The maximum absolute atomic E-state index is 4.59. The lowest BCUT2D eigenvalue weighted by Gasteiger charge is -2.32. The van der Waals surface area contributed by atoms with E-state index in [0.717, 1.165) is 24.4 Å². The average Bonchev–Trinajstić information content (AvgIpc) is 3.39. The molecular weight excluding hydrogens is 266 g/mol. The van der Waals surface area contributed by atoms with E-state index in [0.29, 0.717) is 0 Å². The van der Waals surface area contributed by atoms with E-state index in [1.165, 1.54) is 68.7 Å². The van der Waals surface area contributed by atoms with Gasteiger partial charge in [-0.25, -0.2) is 4.98 Å². The van der Waals surface area contributed by atoms with Gasteiger partial charge in [-0.2, -0.15) is 0 Å². The number of nitrogens with one attached hydrogen (secondary N) is 1. The molecule has 4 rings (SSSR count). The number of rotatable bonds is 6. The first-order chi connectivity index (χ1) is 9.88. The number of likely N-dealkylation sites (tertiary alicyclic amines) is 1. The third-order valence-corrected chi connectivity index (χ3v) is 5.82. The highest BCUT2D eigenvalue weighted by Crippen LogP contribution is 2.42. The second-order valence-corrected chi connectivity index (χ2v) is 7.78. The van der Waals surface area contributed by atoms with Gasteiger partial charge in [0.2, 0.25) is 0 Å². The van der Waals surface area contributed by atoms with Gasteiger partial charge in [-0.3, -0.25) is 4.90 Å². The third-order valence-electron chi connectivity index (χ3n) is 4.98. The number of thiazole rings is 1. The number of hydrogen-bond donors (Lipinski definition) is 1. The summed E-state index contributed by atoms with van der Waals surface area (Å²) in [6, 6.07) is 0.774. The normalized spacial score (nSPS) is 25.2. The predicted octanol–water partition coefficient (Wildman–Crippen LogP) is 2.98. The fourth-order valence-electron chi connectivity index (χ4n) is 3.24. The predicted molar refractivity (Wildman–Crippen MR) is 83.1 cm³/mol. The van der Waals surface area contributed by atoms with Crippen molar-refractivity contribution in [1.29, 1.82) is 0 Å². The first-order valence-electron chi connectivity index (χ1n) is 8.26. The minimum Gasteiger partial charge on any atom is -0.314 e. The lowest BCUT2D eigenvalue weighted by atomic mass is 10.0. The van der Waals surface area contributed by atoms with Gasteiger partial charge >= 0.3 is 0 Å². The first-order valence-corrected chi connectivity index (χ1v) is 9.14. The van der Waals surface area contributed by atoms with Crippen molar-refractivity contribution in [3.63, 3.8) is 0 Å². The molecule has 0 amide bonds. The average molecular weight is 291 g/mol. The van der Waals surface area contributed by atoms with E-state index in [-0.39, 0.29) is 0 Å². The SMILES string of the molecule is c1nc(C2CC2)c(CN2CCC(NCC3CC3)CC2)s1. The maximum atomic E-state index is 4.59. The van der Waals surface area contributed by atoms with Crippen molar-refractivity contribution in [2.45, 2.75) is 57.0 Å². The van der Waals surface area contributed by atoms with Gasteiger partial charge in [0, 0.05) is 36.5 Å². The number of hydrogen-bond acceptors (Lipinski definition) is 4. The quantitative estimate of drug-likeness (QED) is 0.873. The van der Waals surface area contributed by atoms with Crippen molar-refractivity contribution >= 4 is 11.3 Å². The summed E-state index contributed by atoms with van der Waals surface area (Å²) in [5, 5.41) is 3.77. The molecule has 4 heteroatoms. The molecule has 20 heavy (non-hydrogen) atoms. The molecule has 0 unspecified atom stereocenters. The summed E-state index contributed by atoms with van der Waals surface area (Å²) in [5.41, 5.74) is 3.47. The highest BCUT2D eigenvalue weighted by molar-refractivity contribution is 7.09. The van der Waals surface area contributed by atoms with E-state index < -0.39 is 0 Å². The molecule has 1 aromatic rings. The van der Waals surface area contributed by atoms with Crippen LogP contribution in [0.5, 0.6) is 0 Å². The summed E-state index contributed by atoms with van der Waals surface area (Å²) in [4.78, 5) is 8.77. The zero-order valence-electron chi connectivity index (χ0n) is 12.2. The van der Waals surface area contributed by atoms with Crippen LogP contribution in [0, 0.1) is 5.92 Å². The Kier molecular flexibility index (Phi) is 3.80. The molecule has 1 N–H and O–H groups in total. The molecule has 1 saturated heterocycles. The number of nitrogens with zero attached hydrogens (tertiary/aromatic N) is 2. The minimum atomic E-state index is 0.774. The standard InChI is InChI=1S/C16H25N3S/c1-2-12(1)9-17-14-5-7-19(8-6-14)10-15-16(13-3-4-13)18-11-20-15/h11-14,17H,1-10H2. The minimum absolute atomic E-state index is 0.774. The zero-order chi connectivity index (χ0) is 13.4. The Bertz CT molecular complexity index is 442. The molecule has 2 heterocycles. The molecule has 110 valence electrons. The molecule has 0 aromatic carbocycles. The molecule has 3 aliphatic rings. The van der Waals surface area contributed by atoms with Crippen molar-refractivity contribution in [2.75, 3.05) is 19.6 Å².